The Morgan fingerprint density at radius 1 is 0.971 bits per heavy atom. The molecule has 6 heteroatoms. The standard InChI is InChI=1S/C28H39NO4S/c1-8-33-26(32)20-11-13-21(14-12-20)29-24(30)18-34-15-9-10-19-16-22(27(2,3)4)25(31)23(17-19)28(5,6)7/h11-14,16-17,31H,8-10,15,18H2,1-7H3,(H,29,30). The zero-order valence-corrected chi connectivity index (χ0v) is 22.4. The lowest BCUT2D eigenvalue weighted by Crippen LogP contribution is -2.18. The number of hydrogen-bond acceptors (Lipinski definition) is 5. The number of anilines is 1. The Bertz CT molecular complexity index is 950. The number of thioether (sulfide) groups is 1. The first kappa shape index (κ1) is 27.8. The van der Waals surface area contributed by atoms with Crippen LogP contribution in [0.4, 0.5) is 5.69 Å². The van der Waals surface area contributed by atoms with Gasteiger partial charge in [-0.25, -0.2) is 4.79 Å². The molecule has 2 aromatic rings. The average molecular weight is 486 g/mol. The van der Waals surface area contributed by atoms with Crippen molar-refractivity contribution in [2.24, 2.45) is 0 Å². The van der Waals surface area contributed by atoms with Gasteiger partial charge in [0.1, 0.15) is 5.75 Å². The summed E-state index contributed by atoms with van der Waals surface area (Å²) in [7, 11) is 0. The third kappa shape index (κ3) is 8.08. The van der Waals surface area contributed by atoms with Crippen LogP contribution in [0.2, 0.25) is 0 Å². The highest BCUT2D eigenvalue weighted by Gasteiger charge is 2.26. The van der Waals surface area contributed by atoms with E-state index in [9.17, 15) is 14.7 Å². The van der Waals surface area contributed by atoms with Gasteiger partial charge in [-0.2, -0.15) is 11.8 Å². The molecule has 1 amide bonds. The van der Waals surface area contributed by atoms with Crippen LogP contribution >= 0.6 is 11.8 Å². The molecule has 0 atom stereocenters. The molecule has 0 unspecified atom stereocenters. The predicted molar refractivity (Wildman–Crippen MR) is 142 cm³/mol. The number of carbonyl (C=O) groups excluding carboxylic acids is 2. The van der Waals surface area contributed by atoms with Crippen LogP contribution in [0.3, 0.4) is 0 Å². The second-order valence-electron chi connectivity index (χ2n) is 10.5. The van der Waals surface area contributed by atoms with Crippen LogP contribution < -0.4 is 5.32 Å². The maximum Gasteiger partial charge on any atom is 0.338 e. The zero-order valence-electron chi connectivity index (χ0n) is 21.6. The summed E-state index contributed by atoms with van der Waals surface area (Å²) >= 11 is 1.60. The molecule has 0 saturated heterocycles. The van der Waals surface area contributed by atoms with Crippen molar-refractivity contribution in [3.63, 3.8) is 0 Å². The molecule has 5 nitrogen and oxygen atoms in total. The van der Waals surface area contributed by atoms with Crippen molar-refractivity contribution in [2.75, 3.05) is 23.4 Å². The Labute approximate surface area is 208 Å². The van der Waals surface area contributed by atoms with E-state index in [1.54, 1.807) is 43.0 Å². The van der Waals surface area contributed by atoms with E-state index >= 15 is 0 Å². The van der Waals surface area contributed by atoms with Gasteiger partial charge in [0.25, 0.3) is 0 Å². The number of phenols is 1. The minimum Gasteiger partial charge on any atom is -0.507 e. The lowest BCUT2D eigenvalue weighted by molar-refractivity contribution is -0.113. The normalized spacial score (nSPS) is 11.9. The molecule has 0 aliphatic rings. The molecular formula is C28H39NO4S. The van der Waals surface area contributed by atoms with Crippen molar-refractivity contribution in [2.45, 2.75) is 72.1 Å². The number of aromatic hydroxyl groups is 1. The van der Waals surface area contributed by atoms with Crippen LogP contribution in [0.15, 0.2) is 36.4 Å². The van der Waals surface area contributed by atoms with E-state index in [4.69, 9.17) is 4.74 Å². The van der Waals surface area contributed by atoms with Gasteiger partial charge in [0, 0.05) is 5.69 Å². The fourth-order valence-electron chi connectivity index (χ4n) is 3.63. The summed E-state index contributed by atoms with van der Waals surface area (Å²) in [5.41, 5.74) is 4.04. The molecule has 0 heterocycles. The van der Waals surface area contributed by atoms with Crippen molar-refractivity contribution in [1.82, 2.24) is 0 Å². The van der Waals surface area contributed by atoms with Gasteiger partial charge in [0.15, 0.2) is 0 Å². The molecule has 2 rings (SSSR count). The minimum atomic E-state index is -0.367. The summed E-state index contributed by atoms with van der Waals surface area (Å²) in [5, 5.41) is 13.7. The Hall–Kier alpha value is -2.47. The third-order valence-electron chi connectivity index (χ3n) is 5.45. The highest BCUT2D eigenvalue weighted by atomic mass is 32.2. The second kappa shape index (κ2) is 11.8. The molecule has 2 N–H and O–H groups in total. The molecule has 0 fully saturated rings. The van der Waals surface area contributed by atoms with Gasteiger partial charge in [-0.3, -0.25) is 4.79 Å². The van der Waals surface area contributed by atoms with Crippen LogP contribution in [0.5, 0.6) is 5.75 Å². The molecule has 0 radical (unpaired) electrons. The Morgan fingerprint density at radius 2 is 1.53 bits per heavy atom. The van der Waals surface area contributed by atoms with E-state index in [0.29, 0.717) is 29.4 Å². The number of amides is 1. The molecule has 34 heavy (non-hydrogen) atoms. The fraction of sp³-hybridized carbons (Fsp3) is 0.500. The monoisotopic (exact) mass is 485 g/mol. The van der Waals surface area contributed by atoms with Crippen molar-refractivity contribution in [3.05, 3.63) is 58.7 Å². The summed E-state index contributed by atoms with van der Waals surface area (Å²) in [6.07, 6.45) is 1.85. The van der Waals surface area contributed by atoms with Gasteiger partial charge in [-0.15, -0.1) is 0 Å². The third-order valence-corrected chi connectivity index (χ3v) is 6.50. The molecule has 0 spiro atoms. The predicted octanol–water partition coefficient (Wildman–Crippen LogP) is 6.47. The summed E-state index contributed by atoms with van der Waals surface area (Å²) in [4.78, 5) is 24.0. The molecule has 2 aromatic carbocycles. The largest absolute Gasteiger partial charge is 0.507 e. The zero-order chi connectivity index (χ0) is 25.5. The van der Waals surface area contributed by atoms with Crippen LogP contribution in [0, 0.1) is 0 Å². The van der Waals surface area contributed by atoms with E-state index in [-0.39, 0.29) is 22.7 Å². The number of ether oxygens (including phenoxy) is 1. The SMILES string of the molecule is CCOC(=O)c1ccc(NC(=O)CSCCCc2cc(C(C)(C)C)c(O)c(C(C)(C)C)c2)cc1. The molecule has 0 aliphatic heterocycles. The van der Waals surface area contributed by atoms with E-state index in [1.807, 2.05) is 0 Å². The molecule has 0 aliphatic carbocycles. The number of benzene rings is 2. The van der Waals surface area contributed by atoms with Gasteiger partial charge in [0.2, 0.25) is 5.91 Å². The van der Waals surface area contributed by atoms with Crippen molar-refractivity contribution < 1.29 is 19.4 Å². The average Bonchev–Trinajstić information content (AvgIpc) is 2.73. The van der Waals surface area contributed by atoms with Crippen LogP contribution in [0.25, 0.3) is 0 Å². The van der Waals surface area contributed by atoms with Crippen LogP contribution in [0.1, 0.15) is 81.9 Å². The maximum atomic E-state index is 12.3. The van der Waals surface area contributed by atoms with Gasteiger partial charge in [0.05, 0.1) is 17.9 Å². The van der Waals surface area contributed by atoms with Crippen LogP contribution in [-0.4, -0.2) is 35.1 Å². The maximum absolute atomic E-state index is 12.3. The summed E-state index contributed by atoms with van der Waals surface area (Å²) in [6, 6.07) is 11.0. The number of aryl methyl sites for hydroxylation is 1. The first-order valence-electron chi connectivity index (χ1n) is 11.8. The van der Waals surface area contributed by atoms with Crippen molar-refractivity contribution >= 4 is 29.3 Å². The minimum absolute atomic E-state index is 0.0662. The van der Waals surface area contributed by atoms with Crippen molar-refractivity contribution in [1.29, 1.82) is 0 Å². The number of rotatable bonds is 9. The topological polar surface area (TPSA) is 75.6 Å². The first-order valence-corrected chi connectivity index (χ1v) is 13.0. The summed E-state index contributed by atoms with van der Waals surface area (Å²) < 4.78 is 4.97. The lowest BCUT2D eigenvalue weighted by atomic mass is 9.78. The molecule has 0 saturated carbocycles. The number of hydrogen-bond donors (Lipinski definition) is 2. The Balaban J connectivity index is 1.87. The highest BCUT2D eigenvalue weighted by Crippen LogP contribution is 2.40. The highest BCUT2D eigenvalue weighted by molar-refractivity contribution is 7.99. The van der Waals surface area contributed by atoms with Gasteiger partial charge in [-0.05, 0) is 77.3 Å². The molecule has 0 aromatic heterocycles. The summed E-state index contributed by atoms with van der Waals surface area (Å²) in [6.45, 7) is 14.8. The Morgan fingerprint density at radius 3 is 2.03 bits per heavy atom. The lowest BCUT2D eigenvalue weighted by Gasteiger charge is -2.28. The molecular weight excluding hydrogens is 446 g/mol. The summed E-state index contributed by atoms with van der Waals surface area (Å²) in [5.74, 6) is 1.21. The van der Waals surface area contributed by atoms with Crippen molar-refractivity contribution in [3.8, 4) is 5.75 Å². The smallest absolute Gasteiger partial charge is 0.338 e. The quantitative estimate of drug-likeness (QED) is 0.314. The molecule has 0 bridgehead atoms. The van der Waals surface area contributed by atoms with E-state index in [1.165, 1.54) is 5.56 Å². The fourth-order valence-corrected chi connectivity index (χ4v) is 4.38. The second-order valence-corrected chi connectivity index (χ2v) is 11.6. The van der Waals surface area contributed by atoms with Crippen LogP contribution in [-0.2, 0) is 26.8 Å². The number of phenolic OH excluding ortho intramolecular Hbond substituents is 1. The first-order chi connectivity index (χ1) is 15.8. The Kier molecular flexibility index (Phi) is 9.63. The number of carbonyl (C=O) groups is 2. The van der Waals surface area contributed by atoms with Gasteiger partial charge >= 0.3 is 5.97 Å². The van der Waals surface area contributed by atoms with E-state index < -0.39 is 0 Å². The number of esters is 1. The molecule has 186 valence electrons. The number of nitrogens with one attached hydrogen (secondary N) is 1. The van der Waals surface area contributed by atoms with E-state index in [2.05, 4.69) is 59.0 Å². The van der Waals surface area contributed by atoms with Gasteiger partial charge in [-0.1, -0.05) is 53.7 Å². The van der Waals surface area contributed by atoms with Gasteiger partial charge < -0.3 is 15.2 Å². The van der Waals surface area contributed by atoms with E-state index in [0.717, 1.165) is 29.7 Å².